The van der Waals surface area contributed by atoms with Gasteiger partial charge in [0.05, 0.1) is 19.2 Å². The molecule has 0 heterocycles. The highest BCUT2D eigenvalue weighted by Gasteiger charge is 2.07. The second-order valence-electron chi connectivity index (χ2n) is 5.92. The molecule has 25 heavy (non-hydrogen) atoms. The third-order valence-corrected chi connectivity index (χ3v) is 3.84. The number of anilines is 1. The maximum Gasteiger partial charge on any atom is 0.187 e. The average molecular weight is 339 g/mol. The molecule has 0 radical (unpaired) electrons. The Morgan fingerprint density at radius 1 is 1.24 bits per heavy atom. The third kappa shape index (κ3) is 4.98. The first-order valence-electron chi connectivity index (χ1n) is 7.95. The van der Waals surface area contributed by atoms with E-state index in [-0.39, 0.29) is 5.82 Å². The highest BCUT2D eigenvalue weighted by atomic mass is 19.1. The van der Waals surface area contributed by atoms with E-state index in [1.807, 2.05) is 44.0 Å². The van der Waals surface area contributed by atoms with Crippen molar-refractivity contribution < 1.29 is 9.13 Å². The monoisotopic (exact) mass is 339 g/mol. The molecule has 0 amide bonds. The lowest BCUT2D eigenvalue weighted by Crippen LogP contribution is -2.32. The lowest BCUT2D eigenvalue weighted by Gasteiger charge is -2.23. The predicted octanol–water partition coefficient (Wildman–Crippen LogP) is 4.04. The number of ether oxygens (including phenoxy) is 1. The molecule has 0 fully saturated rings. The summed E-state index contributed by atoms with van der Waals surface area (Å²) in [6.45, 7) is 8.14. The summed E-state index contributed by atoms with van der Waals surface area (Å²) in [5.74, 6) is 0.869. The van der Waals surface area contributed by atoms with E-state index in [1.165, 1.54) is 12.1 Å². The van der Waals surface area contributed by atoms with Crippen LogP contribution < -0.4 is 15.0 Å². The molecular formula is C20H22FN3O. The number of halogens is 1. The Hall–Kier alpha value is -3.00. The van der Waals surface area contributed by atoms with Crippen molar-refractivity contribution in [3.8, 4) is 11.8 Å². The summed E-state index contributed by atoms with van der Waals surface area (Å²) in [6, 6.07) is 12.5. The minimum atomic E-state index is -0.245. The molecule has 0 atom stereocenters. The van der Waals surface area contributed by atoms with E-state index < -0.39 is 0 Å². The van der Waals surface area contributed by atoms with Crippen LogP contribution in [0.2, 0.25) is 0 Å². The fourth-order valence-corrected chi connectivity index (χ4v) is 2.54. The first-order chi connectivity index (χ1) is 11.9. The van der Waals surface area contributed by atoms with Gasteiger partial charge in [0.25, 0.3) is 0 Å². The van der Waals surface area contributed by atoms with Gasteiger partial charge in [-0.3, -0.25) is 0 Å². The fourth-order valence-electron chi connectivity index (χ4n) is 2.54. The second kappa shape index (κ2) is 8.20. The zero-order valence-corrected chi connectivity index (χ0v) is 14.8. The van der Waals surface area contributed by atoms with Crippen molar-refractivity contribution in [2.75, 3.05) is 18.6 Å². The van der Waals surface area contributed by atoms with E-state index in [1.54, 1.807) is 6.07 Å². The van der Waals surface area contributed by atoms with Gasteiger partial charge in [0, 0.05) is 12.7 Å². The number of hydrogen-bond donors (Lipinski definition) is 1. The third-order valence-electron chi connectivity index (χ3n) is 3.84. The Bertz CT molecular complexity index is 811. The number of rotatable bonds is 7. The molecule has 0 aromatic heterocycles. The van der Waals surface area contributed by atoms with E-state index in [9.17, 15) is 4.39 Å². The largest absolute Gasteiger partial charge is 0.442 e. The smallest absolute Gasteiger partial charge is 0.187 e. The molecule has 0 spiro atoms. The van der Waals surface area contributed by atoms with Crippen LogP contribution in [0, 0.1) is 31.0 Å². The normalized spacial score (nSPS) is 10.0. The highest BCUT2D eigenvalue weighted by molar-refractivity contribution is 5.52. The van der Waals surface area contributed by atoms with E-state index in [4.69, 9.17) is 10.00 Å². The summed E-state index contributed by atoms with van der Waals surface area (Å²) in [6.07, 6.45) is 0.377. The second-order valence-corrected chi connectivity index (χ2v) is 5.92. The van der Waals surface area contributed by atoms with Crippen LogP contribution in [0.3, 0.4) is 0 Å². The molecule has 130 valence electrons. The van der Waals surface area contributed by atoms with Crippen LogP contribution in [0.1, 0.15) is 16.7 Å². The Kier molecular flexibility index (Phi) is 6.02. The minimum Gasteiger partial charge on any atom is -0.442 e. The number of nitrogens with one attached hydrogen (secondary N) is 1. The molecule has 0 aliphatic rings. The molecule has 0 saturated carbocycles. The van der Waals surface area contributed by atoms with Crippen LogP contribution in [0.5, 0.6) is 5.75 Å². The fraction of sp³-hybridized carbons (Fsp3) is 0.250. The van der Waals surface area contributed by atoms with Crippen molar-refractivity contribution in [2.24, 2.45) is 0 Å². The van der Waals surface area contributed by atoms with Crippen molar-refractivity contribution in [1.82, 2.24) is 5.32 Å². The van der Waals surface area contributed by atoms with Gasteiger partial charge in [-0.05, 0) is 61.4 Å². The molecule has 0 unspecified atom stereocenters. The lowest BCUT2D eigenvalue weighted by atomic mass is 10.1. The van der Waals surface area contributed by atoms with Crippen molar-refractivity contribution in [2.45, 2.75) is 20.3 Å². The van der Waals surface area contributed by atoms with Crippen LogP contribution in [0.25, 0.3) is 0 Å². The molecule has 5 heteroatoms. The molecule has 0 aliphatic carbocycles. The van der Waals surface area contributed by atoms with Crippen molar-refractivity contribution in [3.63, 3.8) is 0 Å². The van der Waals surface area contributed by atoms with Crippen molar-refractivity contribution >= 4 is 5.69 Å². The number of nitrogens with zero attached hydrogens (tertiary/aromatic N) is 2. The molecule has 4 nitrogen and oxygen atoms in total. The Labute approximate surface area is 148 Å². The summed E-state index contributed by atoms with van der Waals surface area (Å²) in [4.78, 5) is 1.95. The summed E-state index contributed by atoms with van der Waals surface area (Å²) >= 11 is 0. The zero-order chi connectivity index (χ0) is 18.4. The minimum absolute atomic E-state index is 0.245. The predicted molar refractivity (Wildman–Crippen MR) is 97.8 cm³/mol. The van der Waals surface area contributed by atoms with Crippen LogP contribution in [0.4, 0.5) is 10.1 Å². The summed E-state index contributed by atoms with van der Waals surface area (Å²) in [7, 11) is 1.91. The quantitative estimate of drug-likeness (QED) is 0.611. The zero-order valence-electron chi connectivity index (χ0n) is 14.8. The molecule has 0 saturated heterocycles. The Balaban J connectivity index is 1.93. The van der Waals surface area contributed by atoms with E-state index >= 15 is 0 Å². The van der Waals surface area contributed by atoms with Crippen LogP contribution in [-0.4, -0.2) is 13.7 Å². The maximum atomic E-state index is 13.2. The van der Waals surface area contributed by atoms with Gasteiger partial charge >= 0.3 is 0 Å². The topological polar surface area (TPSA) is 48.3 Å². The summed E-state index contributed by atoms with van der Waals surface area (Å²) in [5.41, 5.74) is 3.69. The molecule has 2 rings (SSSR count). The molecule has 0 bridgehead atoms. The van der Waals surface area contributed by atoms with Gasteiger partial charge in [0.2, 0.25) is 0 Å². The maximum absolute atomic E-state index is 13.2. The van der Waals surface area contributed by atoms with Crippen LogP contribution in [0.15, 0.2) is 48.9 Å². The number of benzene rings is 2. The number of hydrogen-bond acceptors (Lipinski definition) is 4. The lowest BCUT2D eigenvalue weighted by molar-refractivity contribution is 0.381. The first kappa shape index (κ1) is 18.3. The number of aryl methyl sites for hydroxylation is 2. The Morgan fingerprint density at radius 2 is 2.00 bits per heavy atom. The van der Waals surface area contributed by atoms with Crippen molar-refractivity contribution in [1.29, 1.82) is 5.26 Å². The van der Waals surface area contributed by atoms with Crippen LogP contribution >= 0.6 is 0 Å². The standard InChI is InChI=1S/C20H22FN3O/c1-14-12-18(21)6-7-19(14)24(4)13-23-16(3)25-20-8-5-17(9-10-22)11-15(20)2/h5-8,11-12,23H,3,9,13H2,1-2,4H3. The van der Waals surface area contributed by atoms with E-state index in [2.05, 4.69) is 18.0 Å². The van der Waals surface area contributed by atoms with Crippen LogP contribution in [-0.2, 0) is 6.42 Å². The molecule has 1 N–H and O–H groups in total. The van der Waals surface area contributed by atoms with Gasteiger partial charge in [0.1, 0.15) is 11.6 Å². The molecular weight excluding hydrogens is 317 g/mol. The molecule has 2 aromatic rings. The van der Waals surface area contributed by atoms with E-state index in [0.29, 0.717) is 24.7 Å². The van der Waals surface area contributed by atoms with E-state index in [0.717, 1.165) is 22.4 Å². The van der Waals surface area contributed by atoms with Crippen molar-refractivity contribution in [3.05, 3.63) is 71.4 Å². The molecule has 2 aromatic carbocycles. The number of nitriles is 1. The molecule has 0 aliphatic heterocycles. The van der Waals surface area contributed by atoms with Gasteiger partial charge in [-0.15, -0.1) is 0 Å². The van der Waals surface area contributed by atoms with Gasteiger partial charge in [-0.25, -0.2) is 4.39 Å². The SMILES string of the molecule is C=C(NCN(C)c1ccc(F)cc1C)Oc1ccc(CC#N)cc1C. The summed E-state index contributed by atoms with van der Waals surface area (Å²) in [5, 5.41) is 11.8. The first-order valence-corrected chi connectivity index (χ1v) is 7.95. The van der Waals surface area contributed by atoms with Gasteiger partial charge < -0.3 is 15.0 Å². The Morgan fingerprint density at radius 3 is 2.64 bits per heavy atom. The average Bonchev–Trinajstić information content (AvgIpc) is 2.55. The van der Waals surface area contributed by atoms with Gasteiger partial charge in [0.15, 0.2) is 5.88 Å². The van der Waals surface area contributed by atoms with Gasteiger partial charge in [-0.1, -0.05) is 12.1 Å². The summed E-state index contributed by atoms with van der Waals surface area (Å²) < 4.78 is 18.9. The highest BCUT2D eigenvalue weighted by Crippen LogP contribution is 2.21. The van der Waals surface area contributed by atoms with Gasteiger partial charge in [-0.2, -0.15) is 5.26 Å².